The first-order valence-electron chi connectivity index (χ1n) is 4.44. The molecule has 0 fully saturated rings. The van der Waals surface area contributed by atoms with Gasteiger partial charge in [0, 0.05) is 5.02 Å². The van der Waals surface area contributed by atoms with Gasteiger partial charge in [0.2, 0.25) is 0 Å². The summed E-state index contributed by atoms with van der Waals surface area (Å²) in [5.74, 6) is 0.229. The molecule has 1 aromatic carbocycles. The molecule has 0 amide bonds. The number of hydrogen-bond acceptors (Lipinski definition) is 1. The second-order valence-electron chi connectivity index (χ2n) is 4.08. The van der Waals surface area contributed by atoms with Crippen molar-refractivity contribution in [1.29, 1.82) is 0 Å². The zero-order chi connectivity index (χ0) is 12.1. The van der Waals surface area contributed by atoms with Crippen molar-refractivity contribution in [3.8, 4) is 5.75 Å². The average Bonchev–Trinajstić information content (AvgIpc) is 2.01. The number of phenols is 1. The number of hydrogen-bond donors (Lipinski definition) is 1. The van der Waals surface area contributed by atoms with Crippen LogP contribution in [-0.2, 0) is 24.6 Å². The molecule has 0 heterocycles. The van der Waals surface area contributed by atoms with Crippen LogP contribution in [0.3, 0.4) is 0 Å². The minimum atomic E-state index is -1.25. The first kappa shape index (κ1) is 14.8. The Bertz CT molecular complexity index is 314. The molecule has 0 radical (unpaired) electrons. The molecule has 0 bridgehead atoms. The molecule has 1 rings (SSSR count). The number of halogens is 2. The first-order valence-corrected chi connectivity index (χ1v) is 6.51. The van der Waals surface area contributed by atoms with Gasteiger partial charge in [0.15, 0.2) is 0 Å². The molecule has 15 heavy (non-hydrogen) atoms. The maximum absolute atomic E-state index is 10.3. The van der Waals surface area contributed by atoms with Crippen LogP contribution in [0.4, 0.5) is 3.09 Å². The van der Waals surface area contributed by atoms with Crippen molar-refractivity contribution in [2.75, 3.05) is 0 Å². The van der Waals surface area contributed by atoms with Gasteiger partial charge in [0.05, 0.1) is 0 Å². The molecule has 83 valence electrons. The molecule has 0 aliphatic heterocycles. The van der Waals surface area contributed by atoms with Crippen LogP contribution in [0.1, 0.15) is 26.3 Å². The second kappa shape index (κ2) is 6.42. The zero-order valence-corrected chi connectivity index (χ0v) is 11.5. The monoisotopic (exact) mass is 265 g/mol. The van der Waals surface area contributed by atoms with E-state index in [9.17, 15) is 8.20 Å². The van der Waals surface area contributed by atoms with E-state index in [1.165, 1.54) is 6.07 Å². The van der Waals surface area contributed by atoms with Gasteiger partial charge in [-0.05, 0) is 29.2 Å². The van der Waals surface area contributed by atoms with Gasteiger partial charge < -0.3 is 5.11 Å². The van der Waals surface area contributed by atoms with Gasteiger partial charge in [-0.1, -0.05) is 32.4 Å². The van der Waals surface area contributed by atoms with Gasteiger partial charge in [0.25, 0.3) is 0 Å². The zero-order valence-electron chi connectivity index (χ0n) is 9.14. The Kier molecular flexibility index (Phi) is 6.34. The van der Waals surface area contributed by atoms with Crippen LogP contribution in [0.25, 0.3) is 0 Å². The van der Waals surface area contributed by atoms with Crippen LogP contribution in [0, 0.1) is 0 Å². The predicted molar refractivity (Wildman–Crippen MR) is 60.0 cm³/mol. The fourth-order valence-electron chi connectivity index (χ4n) is 1.01. The second-order valence-corrected chi connectivity index (χ2v) is 4.94. The van der Waals surface area contributed by atoms with Crippen LogP contribution in [0.2, 0.25) is 5.02 Å². The summed E-state index contributed by atoms with van der Waals surface area (Å²) in [7, 11) is 0. The molecule has 0 saturated carbocycles. The van der Waals surface area contributed by atoms with E-state index >= 15 is 0 Å². The summed E-state index contributed by atoms with van der Waals surface area (Å²) in [6.45, 7) is 6.24. The number of phenolic OH excluding ortho intramolecular Hbond substituents is 1. The molecular formula is C11H15ClFOTi. The molecule has 0 saturated heterocycles. The van der Waals surface area contributed by atoms with Crippen LogP contribution >= 0.6 is 11.6 Å². The van der Waals surface area contributed by atoms with Crippen LogP contribution < -0.4 is 0 Å². The molecule has 1 N–H and O–H groups in total. The van der Waals surface area contributed by atoms with Gasteiger partial charge >= 0.3 is 27.1 Å². The Hall–Kier alpha value is -0.176. The summed E-state index contributed by atoms with van der Waals surface area (Å²) in [6.07, 6.45) is 0. The van der Waals surface area contributed by atoms with Gasteiger partial charge in [-0.3, -0.25) is 0 Å². The van der Waals surface area contributed by atoms with Gasteiger partial charge in [-0.15, -0.1) is 0 Å². The number of rotatable bonds is 0. The number of benzene rings is 1. The van der Waals surface area contributed by atoms with Crippen molar-refractivity contribution in [2.24, 2.45) is 0 Å². The summed E-state index contributed by atoms with van der Waals surface area (Å²) in [5.41, 5.74) is 1.08. The van der Waals surface area contributed by atoms with Crippen LogP contribution in [0.15, 0.2) is 18.2 Å². The summed E-state index contributed by atoms with van der Waals surface area (Å²) < 4.78 is 10.3. The predicted octanol–water partition coefficient (Wildman–Crippen LogP) is 3.73. The van der Waals surface area contributed by atoms with Gasteiger partial charge in [-0.25, -0.2) is 0 Å². The van der Waals surface area contributed by atoms with E-state index < -0.39 is 19.2 Å². The molecule has 1 nitrogen and oxygen atoms in total. The van der Waals surface area contributed by atoms with Crippen LogP contribution in [-0.4, -0.2) is 9.92 Å². The molecule has 0 atom stereocenters. The average molecular weight is 266 g/mol. The Morgan fingerprint density at radius 3 is 2.13 bits per heavy atom. The molecule has 0 unspecified atom stereocenters. The SMILES string of the molecule is CC(C)(C)c1cc(O)cc(Cl)c1.[CH2]=[Ti][F]. The van der Waals surface area contributed by atoms with E-state index in [0.29, 0.717) is 5.02 Å². The number of aromatic hydroxyl groups is 1. The van der Waals surface area contributed by atoms with E-state index in [1.54, 1.807) is 6.07 Å². The Balaban J connectivity index is 0.000000583. The van der Waals surface area contributed by atoms with Crippen molar-refractivity contribution in [3.05, 3.63) is 28.8 Å². The van der Waals surface area contributed by atoms with Crippen molar-refractivity contribution in [3.63, 3.8) is 0 Å². The van der Waals surface area contributed by atoms with Crippen molar-refractivity contribution < 1.29 is 27.4 Å². The maximum atomic E-state index is 10.3. The Labute approximate surface area is 104 Å². The fourth-order valence-corrected chi connectivity index (χ4v) is 1.24. The molecule has 0 spiro atoms. The van der Waals surface area contributed by atoms with Crippen LogP contribution in [0.5, 0.6) is 5.75 Å². The van der Waals surface area contributed by atoms with Crippen molar-refractivity contribution in [2.45, 2.75) is 26.2 Å². The quantitative estimate of drug-likeness (QED) is 0.709. The van der Waals surface area contributed by atoms with Gasteiger partial charge in [0.1, 0.15) is 5.75 Å². The third kappa shape index (κ3) is 6.08. The van der Waals surface area contributed by atoms with E-state index in [4.69, 9.17) is 11.6 Å². The molecule has 4 heteroatoms. The van der Waals surface area contributed by atoms with Crippen molar-refractivity contribution >= 4 is 16.4 Å². The van der Waals surface area contributed by atoms with Gasteiger partial charge in [-0.2, -0.15) is 0 Å². The third-order valence-electron chi connectivity index (χ3n) is 1.75. The molecule has 0 aromatic heterocycles. The fraction of sp³-hybridized carbons (Fsp3) is 0.364. The standard InChI is InChI=1S/C10H13ClO.CH2.FH.Ti/c1-10(2,3)7-4-8(11)6-9(12)5-7;;;/h4-6,12H,1-3H3;1H2;1H;/q;;;+1/p-1. The topological polar surface area (TPSA) is 20.2 Å². The van der Waals surface area contributed by atoms with E-state index in [1.807, 2.05) is 6.07 Å². The summed E-state index contributed by atoms with van der Waals surface area (Å²) in [6, 6.07) is 5.16. The summed E-state index contributed by atoms with van der Waals surface area (Å²) in [5, 5.41) is 9.86. The Morgan fingerprint density at radius 2 is 1.80 bits per heavy atom. The van der Waals surface area contributed by atoms with E-state index in [0.717, 1.165) is 5.56 Å². The van der Waals surface area contributed by atoms with E-state index in [-0.39, 0.29) is 11.2 Å². The molecule has 0 aliphatic carbocycles. The van der Waals surface area contributed by atoms with E-state index in [2.05, 4.69) is 25.6 Å². The Morgan fingerprint density at radius 1 is 1.33 bits per heavy atom. The normalized spacial score (nSPS) is 9.93. The summed E-state index contributed by atoms with van der Waals surface area (Å²) in [4.78, 5) is 2.94. The summed E-state index contributed by atoms with van der Waals surface area (Å²) >= 11 is 4.55. The first-order chi connectivity index (χ1) is 6.81. The molecule has 1 aromatic rings. The molecular weight excluding hydrogens is 250 g/mol. The minimum absolute atomic E-state index is 0.0301. The third-order valence-corrected chi connectivity index (χ3v) is 1.97. The molecule has 0 aliphatic rings. The van der Waals surface area contributed by atoms with Crippen molar-refractivity contribution in [1.82, 2.24) is 0 Å².